The van der Waals surface area contributed by atoms with E-state index in [1.54, 1.807) is 7.11 Å². The van der Waals surface area contributed by atoms with Crippen LogP contribution in [0.25, 0.3) is 0 Å². The molecule has 0 aliphatic carbocycles. The molecular weight excluding hydrogens is 380 g/mol. The molecule has 1 unspecified atom stereocenters. The highest BCUT2D eigenvalue weighted by Gasteiger charge is 2.19. The summed E-state index contributed by atoms with van der Waals surface area (Å²) >= 11 is 0. The number of nitrogens with zero attached hydrogens (tertiary/aromatic N) is 2. The van der Waals surface area contributed by atoms with Gasteiger partial charge in [-0.3, -0.25) is 9.80 Å². The Morgan fingerprint density at radius 3 is 2.70 bits per heavy atom. The summed E-state index contributed by atoms with van der Waals surface area (Å²) < 4.78 is 17.3. The van der Waals surface area contributed by atoms with Crippen LogP contribution < -0.4 is 14.2 Å². The molecule has 1 N–H and O–H groups in total. The van der Waals surface area contributed by atoms with E-state index in [0.717, 1.165) is 44.0 Å². The first kappa shape index (κ1) is 21.0. The fourth-order valence-corrected chi connectivity index (χ4v) is 4.20. The van der Waals surface area contributed by atoms with E-state index in [1.807, 2.05) is 30.3 Å². The van der Waals surface area contributed by atoms with Gasteiger partial charge in [0.25, 0.3) is 0 Å². The van der Waals surface area contributed by atoms with Crippen molar-refractivity contribution in [3.05, 3.63) is 53.6 Å². The van der Waals surface area contributed by atoms with Gasteiger partial charge >= 0.3 is 0 Å². The second-order valence-electron chi connectivity index (χ2n) is 8.12. The Morgan fingerprint density at radius 2 is 1.87 bits per heavy atom. The number of β-amino-alcohol motifs (C(OH)–C–C–N with tert-alkyl or cyclic N) is 1. The molecule has 6 heteroatoms. The molecule has 0 saturated carbocycles. The van der Waals surface area contributed by atoms with Gasteiger partial charge in [0, 0.05) is 31.7 Å². The molecule has 1 fully saturated rings. The zero-order chi connectivity index (χ0) is 20.8. The SMILES string of the molecule is COc1ccc(CN2CCCC2)cc1OCC(O)CN1CCOc2ccccc2C1. The van der Waals surface area contributed by atoms with Gasteiger partial charge in [-0.25, -0.2) is 0 Å². The number of para-hydroxylation sites is 1. The molecule has 2 heterocycles. The van der Waals surface area contributed by atoms with Gasteiger partial charge in [-0.2, -0.15) is 0 Å². The van der Waals surface area contributed by atoms with Gasteiger partial charge in [0.15, 0.2) is 11.5 Å². The van der Waals surface area contributed by atoms with Gasteiger partial charge in [0.05, 0.1) is 7.11 Å². The van der Waals surface area contributed by atoms with Crippen molar-refractivity contribution in [2.75, 3.05) is 46.5 Å². The van der Waals surface area contributed by atoms with E-state index in [2.05, 4.69) is 21.9 Å². The summed E-state index contributed by atoms with van der Waals surface area (Å²) in [5.41, 5.74) is 2.36. The normalized spacial score (nSPS) is 18.3. The number of ether oxygens (including phenoxy) is 3. The average Bonchev–Trinajstić information content (AvgIpc) is 3.18. The molecule has 30 heavy (non-hydrogen) atoms. The predicted molar refractivity (Wildman–Crippen MR) is 116 cm³/mol. The molecule has 2 aromatic carbocycles. The molecular formula is C24H32N2O4. The first-order valence-electron chi connectivity index (χ1n) is 10.8. The van der Waals surface area contributed by atoms with Crippen molar-refractivity contribution in [1.29, 1.82) is 0 Å². The van der Waals surface area contributed by atoms with Crippen LogP contribution in [0, 0.1) is 0 Å². The highest BCUT2D eigenvalue weighted by molar-refractivity contribution is 5.43. The minimum absolute atomic E-state index is 0.225. The van der Waals surface area contributed by atoms with E-state index in [4.69, 9.17) is 14.2 Å². The van der Waals surface area contributed by atoms with Crippen LogP contribution in [-0.4, -0.2) is 67.5 Å². The van der Waals surface area contributed by atoms with Crippen molar-refractivity contribution in [2.24, 2.45) is 0 Å². The summed E-state index contributed by atoms with van der Waals surface area (Å²) in [6.07, 6.45) is 1.96. The van der Waals surface area contributed by atoms with E-state index >= 15 is 0 Å². The smallest absolute Gasteiger partial charge is 0.161 e. The number of hydrogen-bond acceptors (Lipinski definition) is 6. The van der Waals surface area contributed by atoms with Crippen LogP contribution in [-0.2, 0) is 13.1 Å². The Labute approximate surface area is 179 Å². The fraction of sp³-hybridized carbons (Fsp3) is 0.500. The van der Waals surface area contributed by atoms with Crippen molar-refractivity contribution in [2.45, 2.75) is 32.0 Å². The van der Waals surface area contributed by atoms with Crippen LogP contribution in [0.5, 0.6) is 17.2 Å². The van der Waals surface area contributed by atoms with E-state index in [0.29, 0.717) is 24.7 Å². The van der Waals surface area contributed by atoms with Crippen molar-refractivity contribution >= 4 is 0 Å². The lowest BCUT2D eigenvalue weighted by atomic mass is 10.2. The quantitative estimate of drug-likeness (QED) is 0.720. The largest absolute Gasteiger partial charge is 0.493 e. The van der Waals surface area contributed by atoms with Crippen LogP contribution in [0.15, 0.2) is 42.5 Å². The number of aliphatic hydroxyl groups is 1. The Balaban J connectivity index is 1.33. The lowest BCUT2D eigenvalue weighted by molar-refractivity contribution is 0.0628. The number of methoxy groups -OCH3 is 1. The Kier molecular flexibility index (Phi) is 7.10. The highest BCUT2D eigenvalue weighted by atomic mass is 16.5. The van der Waals surface area contributed by atoms with Crippen molar-refractivity contribution in [1.82, 2.24) is 9.80 Å². The number of likely N-dealkylation sites (tertiary alicyclic amines) is 1. The molecule has 0 amide bonds. The summed E-state index contributed by atoms with van der Waals surface area (Å²) in [5, 5.41) is 10.6. The summed E-state index contributed by atoms with van der Waals surface area (Å²) in [5.74, 6) is 2.33. The van der Waals surface area contributed by atoms with Gasteiger partial charge in [-0.1, -0.05) is 24.3 Å². The summed E-state index contributed by atoms with van der Waals surface area (Å²) in [7, 11) is 1.65. The molecule has 0 aromatic heterocycles. The molecule has 6 nitrogen and oxygen atoms in total. The van der Waals surface area contributed by atoms with E-state index in [1.165, 1.54) is 18.4 Å². The molecule has 162 valence electrons. The molecule has 2 aliphatic heterocycles. The van der Waals surface area contributed by atoms with Gasteiger partial charge in [0.2, 0.25) is 0 Å². The van der Waals surface area contributed by atoms with E-state index in [9.17, 15) is 5.11 Å². The van der Waals surface area contributed by atoms with Gasteiger partial charge in [0.1, 0.15) is 25.1 Å². The van der Waals surface area contributed by atoms with Crippen molar-refractivity contribution in [3.8, 4) is 17.2 Å². The lowest BCUT2D eigenvalue weighted by Crippen LogP contribution is -2.36. The van der Waals surface area contributed by atoms with Crippen molar-refractivity contribution < 1.29 is 19.3 Å². The standard InChI is InChI=1S/C24H32N2O4/c1-28-23-9-8-19(15-25-10-4-5-11-25)14-24(23)30-18-21(27)17-26-12-13-29-22-7-3-2-6-20(22)16-26/h2-3,6-9,14,21,27H,4-5,10-13,15-18H2,1H3. The maximum absolute atomic E-state index is 10.6. The third kappa shape index (κ3) is 5.45. The number of rotatable bonds is 8. The van der Waals surface area contributed by atoms with Crippen LogP contribution in [0.1, 0.15) is 24.0 Å². The fourth-order valence-electron chi connectivity index (χ4n) is 4.20. The average molecular weight is 413 g/mol. The lowest BCUT2D eigenvalue weighted by Gasteiger charge is -2.23. The first-order valence-corrected chi connectivity index (χ1v) is 10.8. The second-order valence-corrected chi connectivity index (χ2v) is 8.12. The third-order valence-electron chi connectivity index (χ3n) is 5.76. The molecule has 2 aromatic rings. The molecule has 0 spiro atoms. The zero-order valence-electron chi connectivity index (χ0n) is 17.8. The van der Waals surface area contributed by atoms with Crippen LogP contribution >= 0.6 is 0 Å². The molecule has 0 bridgehead atoms. The number of fused-ring (bicyclic) bond motifs is 1. The topological polar surface area (TPSA) is 54.4 Å². The Bertz CT molecular complexity index is 823. The van der Waals surface area contributed by atoms with Crippen LogP contribution in [0.3, 0.4) is 0 Å². The number of benzene rings is 2. The Morgan fingerprint density at radius 1 is 1.03 bits per heavy atom. The van der Waals surface area contributed by atoms with Crippen molar-refractivity contribution in [3.63, 3.8) is 0 Å². The Hall–Kier alpha value is -2.28. The van der Waals surface area contributed by atoms with E-state index in [-0.39, 0.29) is 6.61 Å². The van der Waals surface area contributed by atoms with E-state index < -0.39 is 6.10 Å². The van der Waals surface area contributed by atoms with Crippen LogP contribution in [0.2, 0.25) is 0 Å². The maximum Gasteiger partial charge on any atom is 0.161 e. The molecule has 4 rings (SSSR count). The van der Waals surface area contributed by atoms with Gasteiger partial charge < -0.3 is 19.3 Å². The van der Waals surface area contributed by atoms with Gasteiger partial charge in [-0.15, -0.1) is 0 Å². The minimum Gasteiger partial charge on any atom is -0.493 e. The minimum atomic E-state index is -0.595. The monoisotopic (exact) mass is 412 g/mol. The molecule has 1 atom stereocenters. The third-order valence-corrected chi connectivity index (χ3v) is 5.76. The number of aliphatic hydroxyl groups excluding tert-OH is 1. The molecule has 2 aliphatic rings. The zero-order valence-corrected chi connectivity index (χ0v) is 17.8. The predicted octanol–water partition coefficient (Wildman–Crippen LogP) is 2.93. The summed E-state index contributed by atoms with van der Waals surface area (Å²) in [6, 6.07) is 14.2. The summed E-state index contributed by atoms with van der Waals surface area (Å²) in [6.45, 7) is 6.17. The van der Waals surface area contributed by atoms with Gasteiger partial charge in [-0.05, 0) is 49.7 Å². The molecule has 1 saturated heterocycles. The second kappa shape index (κ2) is 10.2. The summed E-state index contributed by atoms with van der Waals surface area (Å²) in [4.78, 5) is 4.67. The molecule has 0 radical (unpaired) electrons. The van der Waals surface area contributed by atoms with Crippen LogP contribution in [0.4, 0.5) is 0 Å². The highest BCUT2D eigenvalue weighted by Crippen LogP contribution is 2.29. The maximum atomic E-state index is 10.6. The number of hydrogen-bond donors (Lipinski definition) is 1. The first-order chi connectivity index (χ1) is 14.7.